The molecule has 2 heterocycles. The number of hydrogen-bond donors (Lipinski definition) is 1. The number of nitro benzene ring substituents is 1. The molecule has 0 bridgehead atoms. The molecule has 1 amide bonds. The van der Waals surface area contributed by atoms with Gasteiger partial charge in [-0.3, -0.25) is 14.9 Å². The van der Waals surface area contributed by atoms with Gasteiger partial charge in [-0.2, -0.15) is 0 Å². The van der Waals surface area contributed by atoms with Crippen LogP contribution in [0.2, 0.25) is 0 Å². The third-order valence-corrected chi connectivity index (χ3v) is 5.98. The molecule has 0 saturated carbocycles. The highest BCUT2D eigenvalue weighted by Crippen LogP contribution is 2.28. The first-order chi connectivity index (χ1) is 15.0. The topological polar surface area (TPSA) is 105 Å². The number of aromatic nitrogens is 2. The van der Waals surface area contributed by atoms with Crippen molar-refractivity contribution in [1.82, 2.24) is 14.9 Å². The highest BCUT2D eigenvalue weighted by molar-refractivity contribution is 7.99. The van der Waals surface area contributed by atoms with Gasteiger partial charge in [0.2, 0.25) is 5.91 Å². The van der Waals surface area contributed by atoms with Gasteiger partial charge in [-0.15, -0.1) is 0 Å². The highest BCUT2D eigenvalue weighted by Gasteiger charge is 2.25. The van der Waals surface area contributed by atoms with E-state index in [1.807, 2.05) is 30.0 Å². The molecule has 0 atom stereocenters. The maximum absolute atomic E-state index is 12.7. The van der Waals surface area contributed by atoms with Gasteiger partial charge in [-0.25, -0.2) is 4.98 Å². The summed E-state index contributed by atoms with van der Waals surface area (Å²) < 4.78 is 5.51. The van der Waals surface area contributed by atoms with Crippen LogP contribution in [0.4, 0.5) is 11.4 Å². The molecule has 0 aliphatic carbocycles. The van der Waals surface area contributed by atoms with Gasteiger partial charge in [0, 0.05) is 38.3 Å². The lowest BCUT2D eigenvalue weighted by atomic mass is 10.2. The molecule has 1 aliphatic heterocycles. The number of ether oxygens (including phenoxy) is 1. The number of para-hydroxylation sites is 2. The number of aromatic amines is 1. The summed E-state index contributed by atoms with van der Waals surface area (Å²) in [5.41, 5.74) is 2.40. The van der Waals surface area contributed by atoms with Crippen molar-refractivity contribution in [2.45, 2.75) is 12.1 Å². The molecule has 0 spiro atoms. The summed E-state index contributed by atoms with van der Waals surface area (Å²) in [5.74, 6) is 1.09. The van der Waals surface area contributed by atoms with Gasteiger partial charge in [0.15, 0.2) is 5.16 Å². The number of nitrogens with one attached hydrogen (secondary N) is 1. The zero-order valence-electron chi connectivity index (χ0n) is 17.1. The normalized spacial score (nSPS) is 14.1. The van der Waals surface area contributed by atoms with Gasteiger partial charge < -0.3 is 19.5 Å². The van der Waals surface area contributed by atoms with Crippen molar-refractivity contribution in [1.29, 1.82) is 0 Å². The number of anilines is 1. The van der Waals surface area contributed by atoms with Crippen LogP contribution in [-0.4, -0.2) is 64.2 Å². The lowest BCUT2D eigenvalue weighted by molar-refractivity contribution is -0.384. The van der Waals surface area contributed by atoms with E-state index in [1.165, 1.54) is 17.8 Å². The molecular formula is C21H23N5O4S. The van der Waals surface area contributed by atoms with E-state index in [-0.39, 0.29) is 22.3 Å². The fourth-order valence-corrected chi connectivity index (χ4v) is 4.38. The highest BCUT2D eigenvalue weighted by atomic mass is 32.2. The van der Waals surface area contributed by atoms with Gasteiger partial charge in [-0.1, -0.05) is 23.9 Å². The minimum absolute atomic E-state index is 0.0303. The Hall–Kier alpha value is -3.27. The quantitative estimate of drug-likeness (QED) is 0.341. The minimum atomic E-state index is -0.367. The maximum Gasteiger partial charge on any atom is 0.292 e. The standard InChI is InChI=1S/C21H23N5O4S/c1-2-30-15-7-8-16-17(13-15)23-21(22-16)31-14-20(27)25-11-9-24(10-12-25)18-5-3-4-6-19(18)26(28)29/h3-8,13H,2,9-12,14H2,1H3,(H,22,23). The molecular weight excluding hydrogens is 418 g/mol. The number of thioether (sulfide) groups is 1. The van der Waals surface area contributed by atoms with Gasteiger partial charge in [0.25, 0.3) is 5.69 Å². The summed E-state index contributed by atoms with van der Waals surface area (Å²) in [4.78, 5) is 35.1. The Labute approximate surface area is 183 Å². The second-order valence-electron chi connectivity index (χ2n) is 7.06. The van der Waals surface area contributed by atoms with Crippen molar-refractivity contribution < 1.29 is 14.5 Å². The van der Waals surface area contributed by atoms with Gasteiger partial charge >= 0.3 is 0 Å². The molecule has 3 aromatic rings. The summed E-state index contributed by atoms with van der Waals surface area (Å²) in [6, 6.07) is 12.4. The fourth-order valence-electron chi connectivity index (χ4n) is 3.59. The summed E-state index contributed by atoms with van der Waals surface area (Å²) in [7, 11) is 0. The van der Waals surface area contributed by atoms with E-state index >= 15 is 0 Å². The van der Waals surface area contributed by atoms with Crippen LogP contribution in [0.15, 0.2) is 47.6 Å². The zero-order chi connectivity index (χ0) is 21.8. The van der Waals surface area contributed by atoms with E-state index in [4.69, 9.17) is 4.74 Å². The van der Waals surface area contributed by atoms with Gasteiger partial charge in [0.1, 0.15) is 11.4 Å². The number of hydrogen-bond acceptors (Lipinski definition) is 7. The second-order valence-corrected chi connectivity index (χ2v) is 8.02. The first-order valence-electron chi connectivity index (χ1n) is 10.1. The number of nitrogens with zero attached hydrogens (tertiary/aromatic N) is 4. The van der Waals surface area contributed by atoms with Crippen LogP contribution in [0.25, 0.3) is 11.0 Å². The first kappa shape index (κ1) is 21.0. The average Bonchev–Trinajstić information content (AvgIpc) is 3.20. The number of carbonyl (C=O) groups excluding carboxylic acids is 1. The predicted molar refractivity (Wildman–Crippen MR) is 120 cm³/mol. The van der Waals surface area contributed by atoms with Crippen LogP contribution in [0.3, 0.4) is 0 Å². The van der Waals surface area contributed by atoms with Crippen molar-refractivity contribution >= 4 is 40.1 Å². The second kappa shape index (κ2) is 9.25. The molecule has 1 saturated heterocycles. The molecule has 10 heteroatoms. The first-order valence-corrected chi connectivity index (χ1v) is 11.0. The van der Waals surface area contributed by atoms with Crippen LogP contribution in [0.5, 0.6) is 5.75 Å². The molecule has 31 heavy (non-hydrogen) atoms. The van der Waals surface area contributed by atoms with Crippen molar-refractivity contribution in [3.05, 3.63) is 52.6 Å². The third kappa shape index (κ3) is 4.74. The molecule has 0 radical (unpaired) electrons. The number of amides is 1. The summed E-state index contributed by atoms with van der Waals surface area (Å²) >= 11 is 1.37. The van der Waals surface area contributed by atoms with E-state index in [2.05, 4.69) is 9.97 Å². The third-order valence-electron chi connectivity index (χ3n) is 5.13. The van der Waals surface area contributed by atoms with Crippen LogP contribution < -0.4 is 9.64 Å². The fraction of sp³-hybridized carbons (Fsp3) is 0.333. The summed E-state index contributed by atoms with van der Waals surface area (Å²) in [6.45, 7) is 4.72. The Bertz CT molecular complexity index is 1090. The summed E-state index contributed by atoms with van der Waals surface area (Å²) in [5, 5.41) is 12.0. The van der Waals surface area contributed by atoms with Gasteiger partial charge in [-0.05, 0) is 25.1 Å². The smallest absolute Gasteiger partial charge is 0.292 e. The Morgan fingerprint density at radius 1 is 1.23 bits per heavy atom. The number of H-pyrrole nitrogens is 1. The molecule has 1 fully saturated rings. The van der Waals surface area contributed by atoms with E-state index in [9.17, 15) is 14.9 Å². The van der Waals surface area contributed by atoms with Crippen LogP contribution in [0.1, 0.15) is 6.92 Å². The van der Waals surface area contributed by atoms with E-state index in [0.717, 1.165) is 16.8 Å². The number of nitro groups is 1. The van der Waals surface area contributed by atoms with Crippen molar-refractivity contribution in [3.63, 3.8) is 0 Å². The minimum Gasteiger partial charge on any atom is -0.494 e. The molecule has 1 N–H and O–H groups in total. The number of rotatable bonds is 7. The molecule has 2 aromatic carbocycles. The Morgan fingerprint density at radius 2 is 2.00 bits per heavy atom. The van der Waals surface area contributed by atoms with Crippen molar-refractivity contribution in [2.75, 3.05) is 43.4 Å². The largest absolute Gasteiger partial charge is 0.494 e. The SMILES string of the molecule is CCOc1ccc2nc(SCC(=O)N3CCN(c4ccccc4[N+](=O)[O-])CC3)[nH]c2c1. The number of carbonyl (C=O) groups is 1. The van der Waals surface area contributed by atoms with E-state index in [0.29, 0.717) is 43.6 Å². The van der Waals surface area contributed by atoms with Crippen LogP contribution in [0, 0.1) is 10.1 Å². The van der Waals surface area contributed by atoms with Crippen molar-refractivity contribution in [2.24, 2.45) is 0 Å². The average molecular weight is 442 g/mol. The van der Waals surface area contributed by atoms with Crippen molar-refractivity contribution in [3.8, 4) is 5.75 Å². The molecule has 1 aliphatic rings. The lowest BCUT2D eigenvalue weighted by Gasteiger charge is -2.35. The number of imidazole rings is 1. The zero-order valence-corrected chi connectivity index (χ0v) is 17.9. The molecule has 4 rings (SSSR count). The molecule has 9 nitrogen and oxygen atoms in total. The Balaban J connectivity index is 1.32. The lowest BCUT2D eigenvalue weighted by Crippen LogP contribution is -2.49. The van der Waals surface area contributed by atoms with Crippen LogP contribution >= 0.6 is 11.8 Å². The van der Waals surface area contributed by atoms with E-state index in [1.54, 1.807) is 23.1 Å². The van der Waals surface area contributed by atoms with E-state index < -0.39 is 0 Å². The summed E-state index contributed by atoms with van der Waals surface area (Å²) in [6.07, 6.45) is 0. The Morgan fingerprint density at radius 3 is 2.74 bits per heavy atom. The predicted octanol–water partition coefficient (Wildman–Crippen LogP) is 3.31. The van der Waals surface area contributed by atoms with Crippen LogP contribution in [-0.2, 0) is 4.79 Å². The number of fused-ring (bicyclic) bond motifs is 1. The molecule has 1 aromatic heterocycles. The maximum atomic E-state index is 12.7. The Kier molecular flexibility index (Phi) is 6.26. The number of benzene rings is 2. The molecule has 162 valence electrons. The molecule has 0 unspecified atom stereocenters. The number of piperazine rings is 1. The monoisotopic (exact) mass is 441 g/mol. The van der Waals surface area contributed by atoms with Gasteiger partial charge in [0.05, 0.1) is 28.3 Å².